The predicted molar refractivity (Wildman–Crippen MR) is 102 cm³/mol. The molecule has 1 aromatic carbocycles. The fourth-order valence-electron chi connectivity index (χ4n) is 3.06. The molecule has 6 heteroatoms. The molecule has 0 radical (unpaired) electrons. The highest BCUT2D eigenvalue weighted by Gasteiger charge is 2.14. The van der Waals surface area contributed by atoms with Gasteiger partial charge in [0.1, 0.15) is 0 Å². The van der Waals surface area contributed by atoms with Crippen molar-refractivity contribution in [3.05, 3.63) is 41.8 Å². The zero-order valence-electron chi connectivity index (χ0n) is 15.2. The van der Waals surface area contributed by atoms with Gasteiger partial charge in [-0.15, -0.1) is 10.2 Å². The summed E-state index contributed by atoms with van der Waals surface area (Å²) in [5.41, 5.74) is 1.31. The van der Waals surface area contributed by atoms with Crippen molar-refractivity contribution >= 4 is 11.8 Å². The largest absolute Gasteiger partial charge is 0.416 e. The van der Waals surface area contributed by atoms with E-state index in [0.717, 1.165) is 31.0 Å². The third-order valence-electron chi connectivity index (χ3n) is 4.74. The molecule has 0 amide bonds. The lowest BCUT2D eigenvalue weighted by Gasteiger charge is -2.32. The lowest BCUT2D eigenvalue weighted by Crippen LogP contribution is -2.44. The van der Waals surface area contributed by atoms with Crippen LogP contribution in [0.3, 0.4) is 0 Å². The molecule has 0 N–H and O–H groups in total. The Labute approximate surface area is 154 Å². The fourth-order valence-corrected chi connectivity index (χ4v) is 3.76. The summed E-state index contributed by atoms with van der Waals surface area (Å²) in [5.74, 6) is 2.15. The zero-order chi connectivity index (χ0) is 17.5. The molecule has 1 fully saturated rings. The maximum Gasteiger partial charge on any atom is 0.276 e. The van der Waals surface area contributed by atoms with Gasteiger partial charge in [-0.05, 0) is 31.5 Å². The Morgan fingerprint density at radius 2 is 1.88 bits per heavy atom. The molecule has 0 bridgehead atoms. The van der Waals surface area contributed by atoms with E-state index in [1.165, 1.54) is 31.7 Å². The van der Waals surface area contributed by atoms with Gasteiger partial charge >= 0.3 is 0 Å². The van der Waals surface area contributed by atoms with Crippen LogP contribution in [-0.2, 0) is 6.42 Å². The molecule has 0 aliphatic carbocycles. The smallest absolute Gasteiger partial charge is 0.276 e. The number of aromatic nitrogens is 2. The zero-order valence-corrected chi connectivity index (χ0v) is 16.0. The average Bonchev–Trinajstić information content (AvgIpc) is 3.08. The van der Waals surface area contributed by atoms with Gasteiger partial charge in [0.2, 0.25) is 5.89 Å². The van der Waals surface area contributed by atoms with E-state index in [9.17, 15) is 0 Å². The topological polar surface area (TPSA) is 45.4 Å². The lowest BCUT2D eigenvalue weighted by molar-refractivity contribution is 0.154. The van der Waals surface area contributed by atoms with Gasteiger partial charge in [0.25, 0.3) is 5.22 Å². The van der Waals surface area contributed by atoms with Crippen LogP contribution in [0.25, 0.3) is 0 Å². The fraction of sp³-hybridized carbons (Fsp3) is 0.579. The summed E-state index contributed by atoms with van der Waals surface area (Å²) in [6, 6.07) is 10.5. The number of likely N-dealkylation sites (N-methyl/N-ethyl adjacent to an activating group) is 1. The molecule has 136 valence electrons. The van der Waals surface area contributed by atoms with Gasteiger partial charge in [-0.3, -0.25) is 0 Å². The maximum absolute atomic E-state index is 5.80. The third-order valence-corrected chi connectivity index (χ3v) is 5.64. The Kier molecular flexibility index (Phi) is 6.90. The molecule has 1 aliphatic heterocycles. The van der Waals surface area contributed by atoms with Crippen LogP contribution in [-0.4, -0.2) is 65.5 Å². The van der Waals surface area contributed by atoms with Gasteiger partial charge in [-0.2, -0.15) is 0 Å². The molecule has 25 heavy (non-hydrogen) atoms. The Hall–Kier alpha value is -1.37. The summed E-state index contributed by atoms with van der Waals surface area (Å²) in [7, 11) is 2.19. The van der Waals surface area contributed by atoms with Gasteiger partial charge in [-0.25, -0.2) is 0 Å². The van der Waals surface area contributed by atoms with Crippen LogP contribution in [0.15, 0.2) is 40.0 Å². The van der Waals surface area contributed by atoms with Crippen molar-refractivity contribution in [3.63, 3.8) is 0 Å². The molecule has 1 atom stereocenters. The standard InChI is InChI=1S/C19H28N4OS/c1-16(17-7-4-3-5-8-17)15-18-20-21-19(24-18)25-14-6-9-23-12-10-22(2)11-13-23/h3-5,7-8,16H,6,9-15H2,1-2H3/t16-/m0/s1. The summed E-state index contributed by atoms with van der Waals surface area (Å²) in [4.78, 5) is 4.93. The second kappa shape index (κ2) is 9.36. The molecule has 1 aliphatic rings. The third kappa shape index (κ3) is 5.83. The minimum absolute atomic E-state index is 0.386. The van der Waals surface area contributed by atoms with Crippen molar-refractivity contribution in [1.29, 1.82) is 0 Å². The normalized spacial score (nSPS) is 17.7. The number of rotatable bonds is 8. The summed E-state index contributed by atoms with van der Waals surface area (Å²) < 4.78 is 5.80. The molecule has 0 saturated carbocycles. The van der Waals surface area contributed by atoms with Crippen LogP contribution in [0.4, 0.5) is 0 Å². The quantitative estimate of drug-likeness (QED) is 0.532. The highest BCUT2D eigenvalue weighted by atomic mass is 32.2. The van der Waals surface area contributed by atoms with E-state index in [1.54, 1.807) is 11.8 Å². The second-order valence-electron chi connectivity index (χ2n) is 6.82. The van der Waals surface area contributed by atoms with Crippen LogP contribution >= 0.6 is 11.8 Å². The Bertz CT molecular complexity index is 625. The molecular weight excluding hydrogens is 332 g/mol. The minimum atomic E-state index is 0.386. The SMILES string of the molecule is C[C@@H](Cc1nnc(SCCCN2CCN(C)CC2)o1)c1ccccc1. The average molecular weight is 361 g/mol. The van der Waals surface area contributed by atoms with E-state index in [-0.39, 0.29) is 0 Å². The number of benzene rings is 1. The van der Waals surface area contributed by atoms with Crippen molar-refractivity contribution in [2.45, 2.75) is 30.9 Å². The first-order chi connectivity index (χ1) is 12.2. The maximum atomic E-state index is 5.80. The highest BCUT2D eigenvalue weighted by Crippen LogP contribution is 2.22. The van der Waals surface area contributed by atoms with E-state index in [2.05, 4.69) is 58.2 Å². The second-order valence-corrected chi connectivity index (χ2v) is 7.87. The monoisotopic (exact) mass is 360 g/mol. The summed E-state index contributed by atoms with van der Waals surface area (Å²) in [6.07, 6.45) is 1.95. The summed E-state index contributed by atoms with van der Waals surface area (Å²) >= 11 is 1.68. The van der Waals surface area contributed by atoms with Gasteiger partial charge < -0.3 is 14.2 Å². The van der Waals surface area contributed by atoms with Crippen molar-refractivity contribution in [3.8, 4) is 0 Å². The Morgan fingerprint density at radius 3 is 2.64 bits per heavy atom. The summed E-state index contributed by atoms with van der Waals surface area (Å²) in [6.45, 7) is 8.08. The molecule has 0 unspecified atom stereocenters. The molecule has 2 heterocycles. The lowest BCUT2D eigenvalue weighted by atomic mass is 9.98. The van der Waals surface area contributed by atoms with Gasteiger partial charge in [0.05, 0.1) is 0 Å². The van der Waals surface area contributed by atoms with E-state index in [4.69, 9.17) is 4.42 Å². The van der Waals surface area contributed by atoms with Gasteiger partial charge in [0, 0.05) is 38.4 Å². The number of piperazine rings is 1. The van der Waals surface area contributed by atoms with Gasteiger partial charge in [-0.1, -0.05) is 49.0 Å². The van der Waals surface area contributed by atoms with Gasteiger partial charge in [0.15, 0.2) is 0 Å². The van der Waals surface area contributed by atoms with Crippen LogP contribution in [0.5, 0.6) is 0 Å². The molecule has 1 aromatic heterocycles. The first-order valence-corrected chi connectivity index (χ1v) is 10.1. The molecule has 1 saturated heterocycles. The number of thioether (sulfide) groups is 1. The number of hydrogen-bond acceptors (Lipinski definition) is 6. The van der Waals surface area contributed by atoms with Crippen molar-refractivity contribution in [1.82, 2.24) is 20.0 Å². The first-order valence-electron chi connectivity index (χ1n) is 9.12. The Morgan fingerprint density at radius 1 is 1.12 bits per heavy atom. The highest BCUT2D eigenvalue weighted by molar-refractivity contribution is 7.99. The first kappa shape index (κ1) is 18.4. The van der Waals surface area contributed by atoms with E-state index < -0.39 is 0 Å². The van der Waals surface area contributed by atoms with E-state index >= 15 is 0 Å². The van der Waals surface area contributed by atoms with Crippen LogP contribution in [0.1, 0.15) is 30.7 Å². The number of hydrogen-bond donors (Lipinski definition) is 0. The molecule has 2 aromatic rings. The molecule has 3 rings (SSSR count). The summed E-state index contributed by atoms with van der Waals surface area (Å²) in [5, 5.41) is 9.09. The molecule has 0 spiro atoms. The van der Waals surface area contributed by atoms with Crippen LogP contribution < -0.4 is 0 Å². The van der Waals surface area contributed by atoms with Crippen LogP contribution in [0.2, 0.25) is 0 Å². The van der Waals surface area contributed by atoms with Crippen molar-refractivity contribution < 1.29 is 4.42 Å². The number of nitrogens with zero attached hydrogens (tertiary/aromatic N) is 4. The minimum Gasteiger partial charge on any atom is -0.416 e. The predicted octanol–water partition coefficient (Wildman–Crippen LogP) is 3.15. The van der Waals surface area contributed by atoms with E-state index in [0.29, 0.717) is 11.1 Å². The van der Waals surface area contributed by atoms with Crippen molar-refractivity contribution in [2.24, 2.45) is 0 Å². The van der Waals surface area contributed by atoms with E-state index in [1.807, 2.05) is 6.07 Å². The molecular formula is C19H28N4OS. The Balaban J connectivity index is 1.37. The molecule has 5 nitrogen and oxygen atoms in total. The van der Waals surface area contributed by atoms with Crippen LogP contribution in [0, 0.1) is 0 Å². The van der Waals surface area contributed by atoms with Crippen molar-refractivity contribution in [2.75, 3.05) is 45.5 Å².